The summed E-state index contributed by atoms with van der Waals surface area (Å²) in [7, 11) is 1.68. The van der Waals surface area contributed by atoms with E-state index in [2.05, 4.69) is 14.9 Å². The minimum Gasteiger partial charge on any atom is -0.461 e. The predicted octanol–water partition coefficient (Wildman–Crippen LogP) is 4.88. The van der Waals surface area contributed by atoms with E-state index in [0.717, 1.165) is 11.3 Å². The van der Waals surface area contributed by atoms with E-state index in [-0.39, 0.29) is 17.4 Å². The molecule has 2 heterocycles. The normalized spacial score (nSPS) is 11.0. The molecule has 0 aliphatic carbocycles. The Hall–Kier alpha value is -3.66. The number of benzene rings is 2. The van der Waals surface area contributed by atoms with Crippen LogP contribution in [0, 0.1) is 0 Å². The second-order valence-corrected chi connectivity index (χ2v) is 7.96. The summed E-state index contributed by atoms with van der Waals surface area (Å²) in [4.78, 5) is 14.3. The average Bonchev–Trinajstić information content (AvgIpc) is 3.49. The average molecular weight is 471 g/mol. The molecule has 2 aromatic heterocycles. The zero-order valence-corrected chi connectivity index (χ0v) is 18.4. The molecule has 0 unspecified atom stereocenters. The predicted molar refractivity (Wildman–Crippen MR) is 119 cm³/mol. The van der Waals surface area contributed by atoms with Crippen molar-refractivity contribution in [3.63, 3.8) is 0 Å². The monoisotopic (exact) mass is 470 g/mol. The Kier molecular flexibility index (Phi) is 7.04. The van der Waals surface area contributed by atoms with Crippen LogP contribution in [0.5, 0.6) is 5.75 Å². The van der Waals surface area contributed by atoms with Gasteiger partial charge in [0.05, 0.1) is 12.0 Å². The Balaban J connectivity index is 1.44. The summed E-state index contributed by atoms with van der Waals surface area (Å²) in [5, 5.41) is 9.09. The summed E-state index contributed by atoms with van der Waals surface area (Å²) in [6, 6.07) is 19.4. The molecular formula is C23H20F2N4O3S. The minimum absolute atomic E-state index is 0.0749. The highest BCUT2D eigenvalue weighted by molar-refractivity contribution is 7.99. The van der Waals surface area contributed by atoms with Crippen molar-refractivity contribution in [2.24, 2.45) is 0 Å². The van der Waals surface area contributed by atoms with Gasteiger partial charge in [-0.15, -0.1) is 10.2 Å². The van der Waals surface area contributed by atoms with E-state index in [1.807, 2.05) is 34.9 Å². The van der Waals surface area contributed by atoms with Crippen molar-refractivity contribution >= 4 is 17.7 Å². The first-order chi connectivity index (χ1) is 16.0. The van der Waals surface area contributed by atoms with Crippen LogP contribution in [-0.4, -0.2) is 45.0 Å². The van der Waals surface area contributed by atoms with E-state index in [0.29, 0.717) is 23.3 Å². The Morgan fingerprint density at radius 2 is 1.85 bits per heavy atom. The minimum atomic E-state index is -2.87. The summed E-state index contributed by atoms with van der Waals surface area (Å²) in [5.41, 5.74) is 1.65. The lowest BCUT2D eigenvalue weighted by Crippen LogP contribution is -2.27. The van der Waals surface area contributed by atoms with Crippen molar-refractivity contribution in [3.05, 3.63) is 78.6 Å². The van der Waals surface area contributed by atoms with Crippen LogP contribution in [0.2, 0.25) is 0 Å². The molecular weight excluding hydrogens is 450 g/mol. The van der Waals surface area contributed by atoms with Gasteiger partial charge in [0, 0.05) is 19.3 Å². The summed E-state index contributed by atoms with van der Waals surface area (Å²) in [6.45, 7) is -2.54. The molecule has 0 saturated carbocycles. The Morgan fingerprint density at radius 3 is 2.52 bits per heavy atom. The zero-order chi connectivity index (χ0) is 23.2. The highest BCUT2D eigenvalue weighted by Gasteiger charge is 2.19. The molecule has 0 aliphatic heterocycles. The number of rotatable bonds is 9. The summed E-state index contributed by atoms with van der Waals surface area (Å²) in [6.07, 6.45) is 1.57. The van der Waals surface area contributed by atoms with Crippen LogP contribution in [-0.2, 0) is 11.3 Å². The zero-order valence-electron chi connectivity index (χ0n) is 17.6. The quantitative estimate of drug-likeness (QED) is 0.325. The largest absolute Gasteiger partial charge is 0.461 e. The van der Waals surface area contributed by atoms with E-state index in [1.54, 1.807) is 42.5 Å². The van der Waals surface area contributed by atoms with Gasteiger partial charge in [-0.05, 0) is 42.0 Å². The van der Waals surface area contributed by atoms with Crippen molar-refractivity contribution in [1.29, 1.82) is 0 Å². The lowest BCUT2D eigenvalue weighted by molar-refractivity contribution is -0.127. The lowest BCUT2D eigenvalue weighted by atomic mass is 10.2. The number of ether oxygens (including phenoxy) is 1. The van der Waals surface area contributed by atoms with Crippen molar-refractivity contribution in [2.45, 2.75) is 18.3 Å². The van der Waals surface area contributed by atoms with Gasteiger partial charge in [-0.25, -0.2) is 0 Å². The number of hydrogen-bond acceptors (Lipinski definition) is 6. The Labute approximate surface area is 193 Å². The summed E-state index contributed by atoms with van der Waals surface area (Å²) in [5.74, 6) is 1.22. The van der Waals surface area contributed by atoms with E-state index in [4.69, 9.17) is 4.42 Å². The van der Waals surface area contributed by atoms with Crippen LogP contribution in [0.4, 0.5) is 8.78 Å². The van der Waals surface area contributed by atoms with Crippen molar-refractivity contribution in [3.8, 4) is 23.0 Å². The molecule has 2 aromatic carbocycles. The van der Waals surface area contributed by atoms with Gasteiger partial charge in [0.25, 0.3) is 0 Å². The van der Waals surface area contributed by atoms with E-state index >= 15 is 0 Å². The maximum absolute atomic E-state index is 12.7. The number of thioether (sulfide) groups is 1. The molecule has 0 radical (unpaired) electrons. The van der Waals surface area contributed by atoms with Gasteiger partial charge in [0.2, 0.25) is 11.7 Å². The molecule has 0 aliphatic rings. The van der Waals surface area contributed by atoms with Crippen LogP contribution in [0.25, 0.3) is 17.3 Å². The van der Waals surface area contributed by atoms with Crippen LogP contribution in [0.3, 0.4) is 0 Å². The SMILES string of the molecule is CN(Cc1ccc(OC(F)F)cc1)C(=O)CSc1nnc(-c2ccco2)n1-c1ccccc1. The standard InChI is InChI=1S/C23H20F2N4O3S/c1-28(14-16-9-11-18(12-10-16)32-22(24)25)20(30)15-33-23-27-26-21(19-8-5-13-31-19)29(23)17-6-3-2-4-7-17/h2-13,22H,14-15H2,1H3. The van der Waals surface area contributed by atoms with E-state index in [9.17, 15) is 13.6 Å². The topological polar surface area (TPSA) is 73.4 Å². The summed E-state index contributed by atoms with van der Waals surface area (Å²) >= 11 is 1.27. The molecule has 0 fully saturated rings. The number of amides is 1. The van der Waals surface area contributed by atoms with E-state index in [1.165, 1.54) is 23.9 Å². The third kappa shape index (κ3) is 5.58. The van der Waals surface area contributed by atoms with Crippen LogP contribution in [0.1, 0.15) is 5.56 Å². The number of furan rings is 1. The number of carbonyl (C=O) groups is 1. The summed E-state index contributed by atoms with van der Waals surface area (Å²) < 4.78 is 36.3. The second kappa shape index (κ2) is 10.3. The second-order valence-electron chi connectivity index (χ2n) is 7.02. The first kappa shape index (κ1) is 22.5. The molecule has 7 nitrogen and oxygen atoms in total. The Morgan fingerprint density at radius 1 is 1.09 bits per heavy atom. The number of halogens is 2. The molecule has 33 heavy (non-hydrogen) atoms. The number of hydrogen-bond donors (Lipinski definition) is 0. The molecule has 0 spiro atoms. The fourth-order valence-electron chi connectivity index (χ4n) is 3.11. The highest BCUT2D eigenvalue weighted by atomic mass is 32.2. The molecule has 4 aromatic rings. The smallest absolute Gasteiger partial charge is 0.387 e. The van der Waals surface area contributed by atoms with Crippen molar-refractivity contribution in [1.82, 2.24) is 19.7 Å². The Bertz CT molecular complexity index is 1180. The lowest BCUT2D eigenvalue weighted by Gasteiger charge is -2.17. The first-order valence-electron chi connectivity index (χ1n) is 9.96. The number of carbonyl (C=O) groups excluding carboxylic acids is 1. The van der Waals surface area contributed by atoms with Gasteiger partial charge in [0.1, 0.15) is 5.75 Å². The number of para-hydroxylation sites is 1. The van der Waals surface area contributed by atoms with Gasteiger partial charge in [-0.3, -0.25) is 9.36 Å². The first-order valence-corrected chi connectivity index (χ1v) is 10.9. The van der Waals surface area contributed by atoms with Gasteiger partial charge in [0.15, 0.2) is 10.9 Å². The van der Waals surface area contributed by atoms with Gasteiger partial charge in [-0.1, -0.05) is 42.1 Å². The van der Waals surface area contributed by atoms with Crippen LogP contribution < -0.4 is 4.74 Å². The number of aromatic nitrogens is 3. The fraction of sp³-hybridized carbons (Fsp3) is 0.174. The third-order valence-corrected chi connectivity index (χ3v) is 5.62. The van der Waals surface area contributed by atoms with Crippen LogP contribution in [0.15, 0.2) is 82.6 Å². The maximum atomic E-state index is 12.7. The number of alkyl halides is 2. The molecule has 0 N–H and O–H groups in total. The van der Waals surface area contributed by atoms with E-state index < -0.39 is 6.61 Å². The molecule has 170 valence electrons. The third-order valence-electron chi connectivity index (χ3n) is 4.71. The van der Waals surface area contributed by atoms with Crippen LogP contribution >= 0.6 is 11.8 Å². The molecule has 4 rings (SSSR count). The molecule has 10 heteroatoms. The fourth-order valence-corrected chi connectivity index (χ4v) is 4.01. The van der Waals surface area contributed by atoms with Gasteiger partial charge < -0.3 is 14.1 Å². The molecule has 1 amide bonds. The molecule has 0 saturated heterocycles. The van der Waals surface area contributed by atoms with Crippen molar-refractivity contribution < 1.29 is 22.7 Å². The van der Waals surface area contributed by atoms with Crippen molar-refractivity contribution in [2.75, 3.05) is 12.8 Å². The molecule has 0 atom stereocenters. The highest BCUT2D eigenvalue weighted by Crippen LogP contribution is 2.28. The van der Waals surface area contributed by atoms with Gasteiger partial charge >= 0.3 is 6.61 Å². The number of nitrogens with zero attached hydrogens (tertiary/aromatic N) is 4. The maximum Gasteiger partial charge on any atom is 0.387 e. The molecule has 0 bridgehead atoms. The van der Waals surface area contributed by atoms with Gasteiger partial charge in [-0.2, -0.15) is 8.78 Å².